The number of rotatable bonds is 16. The summed E-state index contributed by atoms with van der Waals surface area (Å²) in [6.45, 7) is 12.0. The van der Waals surface area contributed by atoms with Crippen LogP contribution in [0, 0.1) is 5.21 Å². The van der Waals surface area contributed by atoms with Crippen molar-refractivity contribution in [2.24, 2.45) is 0 Å². The molecule has 21 heavy (non-hydrogen) atoms. The average molecular weight is 296 g/mol. The molecule has 0 saturated heterocycles. The van der Waals surface area contributed by atoms with E-state index < -0.39 is 0 Å². The van der Waals surface area contributed by atoms with Crippen LogP contribution in [0.25, 0.3) is 0 Å². The molecule has 0 aromatic rings. The van der Waals surface area contributed by atoms with Gasteiger partial charge in [0.2, 0.25) is 0 Å². The van der Waals surface area contributed by atoms with Gasteiger partial charge in [-0.2, -0.15) is 0 Å². The van der Waals surface area contributed by atoms with Gasteiger partial charge in [-0.25, -0.2) is 0 Å². The van der Waals surface area contributed by atoms with Gasteiger partial charge >= 0.3 is 0 Å². The lowest BCUT2D eigenvalue weighted by Gasteiger charge is -2.43. The fourth-order valence-corrected chi connectivity index (χ4v) is 2.83. The zero-order valence-corrected chi connectivity index (χ0v) is 14.3. The van der Waals surface area contributed by atoms with E-state index in [1.807, 2.05) is 12.2 Å². The fourth-order valence-electron chi connectivity index (χ4n) is 2.83. The maximum atomic E-state index is 12.8. The molecule has 0 aliphatic rings. The molecule has 0 radical (unpaired) electrons. The summed E-state index contributed by atoms with van der Waals surface area (Å²) < 4.78 is 0.0411. The largest absolute Gasteiger partial charge is 0.633 e. The summed E-state index contributed by atoms with van der Waals surface area (Å²) in [5, 5.41) is 12.8. The molecule has 0 bridgehead atoms. The van der Waals surface area contributed by atoms with Gasteiger partial charge in [-0.15, -0.1) is 13.2 Å². The van der Waals surface area contributed by atoms with Crippen molar-refractivity contribution in [3.63, 3.8) is 0 Å². The van der Waals surface area contributed by atoms with Gasteiger partial charge in [0.1, 0.15) is 0 Å². The van der Waals surface area contributed by atoms with Gasteiger partial charge in [-0.3, -0.25) is 0 Å². The van der Waals surface area contributed by atoms with Gasteiger partial charge in [0, 0.05) is 0 Å². The molecular weight excluding hydrogens is 258 g/mol. The highest BCUT2D eigenvalue weighted by Crippen LogP contribution is 2.14. The Morgan fingerprint density at radius 3 is 1.52 bits per heavy atom. The lowest BCUT2D eigenvalue weighted by Crippen LogP contribution is -2.44. The molecule has 0 N–H and O–H groups in total. The predicted octanol–water partition coefficient (Wildman–Crippen LogP) is 5.98. The number of unbranched alkanes of at least 4 members (excludes halogenated alkanes) is 8. The summed E-state index contributed by atoms with van der Waals surface area (Å²) in [4.78, 5) is 0. The highest BCUT2D eigenvalue weighted by molar-refractivity contribution is 4.66. The Hall–Kier alpha value is -0.600. The van der Waals surface area contributed by atoms with E-state index in [4.69, 9.17) is 0 Å². The number of hydrogen-bond acceptors (Lipinski definition) is 1. The number of hydroxylamine groups is 3. The lowest BCUT2D eigenvalue weighted by molar-refractivity contribution is -0.881. The van der Waals surface area contributed by atoms with Crippen molar-refractivity contribution in [1.29, 1.82) is 0 Å². The molecule has 0 saturated carbocycles. The molecule has 124 valence electrons. The number of quaternary nitrogens is 1. The second kappa shape index (κ2) is 14.3. The molecular formula is C19H37NO. The first-order valence-electron chi connectivity index (χ1n) is 8.97. The van der Waals surface area contributed by atoms with Crippen molar-refractivity contribution in [2.45, 2.75) is 77.6 Å². The Morgan fingerprint density at radius 2 is 1.14 bits per heavy atom. The summed E-state index contributed by atoms with van der Waals surface area (Å²) in [7, 11) is 0. The Kier molecular flexibility index (Phi) is 13.9. The second-order valence-electron chi connectivity index (χ2n) is 6.21. The highest BCUT2D eigenvalue weighted by atomic mass is 16.5. The van der Waals surface area contributed by atoms with Gasteiger partial charge in [-0.05, 0) is 57.8 Å². The molecule has 2 heteroatoms. The van der Waals surface area contributed by atoms with Crippen molar-refractivity contribution in [2.75, 3.05) is 19.6 Å². The van der Waals surface area contributed by atoms with E-state index in [1.54, 1.807) is 0 Å². The molecule has 2 nitrogen and oxygen atoms in total. The van der Waals surface area contributed by atoms with Crippen LogP contribution in [0.15, 0.2) is 25.3 Å². The Labute approximate surface area is 133 Å². The maximum Gasteiger partial charge on any atom is 0.0783 e. The number of nitrogens with zero attached hydrogens (tertiary/aromatic N) is 1. The van der Waals surface area contributed by atoms with Crippen molar-refractivity contribution < 1.29 is 4.65 Å². The molecule has 0 amide bonds. The molecule has 0 rings (SSSR count). The van der Waals surface area contributed by atoms with E-state index in [0.717, 1.165) is 51.7 Å². The monoisotopic (exact) mass is 295 g/mol. The SMILES string of the molecule is C=CCCCCCC[N+]([O-])(CCC)CCCCCCC=C. The maximum absolute atomic E-state index is 12.8. The molecule has 0 aromatic carbocycles. The van der Waals surface area contributed by atoms with Crippen LogP contribution in [0.3, 0.4) is 0 Å². The van der Waals surface area contributed by atoms with Gasteiger partial charge in [0.05, 0.1) is 19.6 Å². The third kappa shape index (κ3) is 12.8. The van der Waals surface area contributed by atoms with Crippen LogP contribution in [0.5, 0.6) is 0 Å². The van der Waals surface area contributed by atoms with Crippen LogP contribution in [0.4, 0.5) is 0 Å². The topological polar surface area (TPSA) is 23.1 Å². The van der Waals surface area contributed by atoms with Crippen molar-refractivity contribution in [1.82, 2.24) is 0 Å². The van der Waals surface area contributed by atoms with E-state index in [9.17, 15) is 5.21 Å². The number of hydrogen-bond donors (Lipinski definition) is 0. The lowest BCUT2D eigenvalue weighted by atomic mass is 10.1. The number of allylic oxidation sites excluding steroid dienone is 2. The first-order chi connectivity index (χ1) is 10.2. The molecule has 0 heterocycles. The van der Waals surface area contributed by atoms with Crippen molar-refractivity contribution >= 4 is 0 Å². The molecule has 0 aliphatic carbocycles. The first-order valence-corrected chi connectivity index (χ1v) is 8.97. The van der Waals surface area contributed by atoms with Crippen LogP contribution in [0.2, 0.25) is 0 Å². The third-order valence-corrected chi connectivity index (χ3v) is 4.08. The second-order valence-corrected chi connectivity index (χ2v) is 6.21. The van der Waals surface area contributed by atoms with E-state index in [0.29, 0.717) is 0 Å². The Bertz CT molecular complexity index is 230. The van der Waals surface area contributed by atoms with Gasteiger partial charge in [0.15, 0.2) is 0 Å². The fraction of sp³-hybridized carbons (Fsp3) is 0.789. The summed E-state index contributed by atoms with van der Waals surface area (Å²) in [5.74, 6) is 0. The minimum Gasteiger partial charge on any atom is -0.633 e. The van der Waals surface area contributed by atoms with E-state index in [2.05, 4.69) is 20.1 Å². The zero-order chi connectivity index (χ0) is 15.8. The standard InChI is InChI=1S/C19H37NO/c1-4-7-9-11-13-15-18-20(21,17-6-3)19-16-14-12-10-8-5-2/h4-5H,1-2,6-19H2,3H3. The van der Waals surface area contributed by atoms with Crippen LogP contribution in [-0.2, 0) is 0 Å². The van der Waals surface area contributed by atoms with E-state index >= 15 is 0 Å². The Balaban J connectivity index is 3.77. The van der Waals surface area contributed by atoms with Gasteiger partial charge in [0.25, 0.3) is 0 Å². The van der Waals surface area contributed by atoms with Crippen LogP contribution >= 0.6 is 0 Å². The quantitative estimate of drug-likeness (QED) is 0.148. The summed E-state index contributed by atoms with van der Waals surface area (Å²) in [5.41, 5.74) is 0. The predicted molar refractivity (Wildman–Crippen MR) is 95.1 cm³/mol. The summed E-state index contributed by atoms with van der Waals surface area (Å²) >= 11 is 0. The molecule has 0 unspecified atom stereocenters. The summed E-state index contributed by atoms with van der Waals surface area (Å²) in [6, 6.07) is 0. The minimum atomic E-state index is 0.0411. The van der Waals surface area contributed by atoms with Crippen LogP contribution < -0.4 is 0 Å². The van der Waals surface area contributed by atoms with Crippen molar-refractivity contribution in [3.05, 3.63) is 30.5 Å². The van der Waals surface area contributed by atoms with E-state index in [1.165, 1.54) is 38.5 Å². The highest BCUT2D eigenvalue weighted by Gasteiger charge is 2.14. The van der Waals surface area contributed by atoms with Gasteiger partial charge in [-0.1, -0.05) is 31.9 Å². The molecule has 0 aromatic heterocycles. The summed E-state index contributed by atoms with van der Waals surface area (Å²) in [6.07, 6.45) is 16.6. The normalized spacial score (nSPS) is 11.5. The minimum absolute atomic E-state index is 0.0411. The molecule has 0 atom stereocenters. The third-order valence-electron chi connectivity index (χ3n) is 4.08. The van der Waals surface area contributed by atoms with E-state index in [-0.39, 0.29) is 4.65 Å². The molecule has 0 fully saturated rings. The van der Waals surface area contributed by atoms with Crippen LogP contribution in [-0.4, -0.2) is 24.3 Å². The smallest absolute Gasteiger partial charge is 0.0783 e. The zero-order valence-electron chi connectivity index (χ0n) is 14.3. The van der Waals surface area contributed by atoms with Gasteiger partial charge < -0.3 is 9.85 Å². The molecule has 0 spiro atoms. The first kappa shape index (κ1) is 20.4. The molecule has 0 aliphatic heterocycles. The van der Waals surface area contributed by atoms with Crippen LogP contribution in [0.1, 0.15) is 77.6 Å². The average Bonchev–Trinajstić information content (AvgIpc) is 2.47. The van der Waals surface area contributed by atoms with Crippen molar-refractivity contribution in [3.8, 4) is 0 Å². The Morgan fingerprint density at radius 1 is 0.714 bits per heavy atom.